The van der Waals surface area contributed by atoms with Crippen molar-refractivity contribution in [3.8, 4) is 0 Å². The molecule has 78 valence electrons. The van der Waals surface area contributed by atoms with Gasteiger partial charge in [-0.05, 0) is 44.6 Å². The molecule has 0 aliphatic carbocycles. The second-order valence-electron chi connectivity index (χ2n) is 3.70. The highest BCUT2D eigenvalue weighted by molar-refractivity contribution is 5.46. The number of anilines is 1. The third-order valence-electron chi connectivity index (χ3n) is 2.58. The monoisotopic (exact) mass is 192 g/mol. The molecule has 0 saturated carbocycles. The van der Waals surface area contributed by atoms with Gasteiger partial charge in [-0.2, -0.15) is 0 Å². The standard InChI is InChI=1S/C12H20N2/c1-3-14(2)10-6-8-11-7-4-5-9-12(11)13/h4-5,7,9H,3,6,8,10,13H2,1-2H3. The summed E-state index contributed by atoms with van der Waals surface area (Å²) in [7, 11) is 2.15. The molecule has 0 aliphatic rings. The van der Waals surface area contributed by atoms with Gasteiger partial charge in [0.15, 0.2) is 0 Å². The van der Waals surface area contributed by atoms with Gasteiger partial charge in [0.2, 0.25) is 0 Å². The molecule has 0 amide bonds. The number of para-hydroxylation sites is 1. The number of hydrogen-bond donors (Lipinski definition) is 1. The summed E-state index contributed by atoms with van der Waals surface area (Å²) in [6.07, 6.45) is 2.26. The van der Waals surface area contributed by atoms with Crippen molar-refractivity contribution < 1.29 is 0 Å². The number of hydrogen-bond acceptors (Lipinski definition) is 2. The van der Waals surface area contributed by atoms with Crippen LogP contribution in [0.1, 0.15) is 18.9 Å². The van der Waals surface area contributed by atoms with Crippen LogP contribution in [-0.2, 0) is 6.42 Å². The van der Waals surface area contributed by atoms with Gasteiger partial charge in [0.05, 0.1) is 0 Å². The second-order valence-corrected chi connectivity index (χ2v) is 3.70. The van der Waals surface area contributed by atoms with E-state index in [4.69, 9.17) is 5.73 Å². The molecule has 2 N–H and O–H groups in total. The van der Waals surface area contributed by atoms with E-state index >= 15 is 0 Å². The molecule has 1 aromatic rings. The molecule has 0 unspecified atom stereocenters. The lowest BCUT2D eigenvalue weighted by Crippen LogP contribution is -2.19. The fourth-order valence-corrected chi connectivity index (χ4v) is 1.46. The lowest BCUT2D eigenvalue weighted by molar-refractivity contribution is 0.347. The maximum Gasteiger partial charge on any atom is 0.0346 e. The molecule has 0 fully saturated rings. The first kappa shape index (κ1) is 11.1. The quantitative estimate of drug-likeness (QED) is 0.724. The molecule has 0 radical (unpaired) electrons. The van der Waals surface area contributed by atoms with Crippen molar-refractivity contribution in [1.82, 2.24) is 4.90 Å². The van der Waals surface area contributed by atoms with Crippen LogP contribution in [0.15, 0.2) is 24.3 Å². The van der Waals surface area contributed by atoms with E-state index < -0.39 is 0 Å². The van der Waals surface area contributed by atoms with Crippen molar-refractivity contribution in [3.63, 3.8) is 0 Å². The van der Waals surface area contributed by atoms with Gasteiger partial charge in [-0.15, -0.1) is 0 Å². The zero-order chi connectivity index (χ0) is 10.4. The number of benzene rings is 1. The summed E-state index contributed by atoms with van der Waals surface area (Å²) in [5, 5.41) is 0. The summed E-state index contributed by atoms with van der Waals surface area (Å²) >= 11 is 0. The summed E-state index contributed by atoms with van der Waals surface area (Å²) in [4.78, 5) is 2.32. The number of nitrogen functional groups attached to an aromatic ring is 1. The van der Waals surface area contributed by atoms with Gasteiger partial charge >= 0.3 is 0 Å². The first-order valence-corrected chi connectivity index (χ1v) is 5.26. The third kappa shape index (κ3) is 3.38. The molecule has 0 heterocycles. The smallest absolute Gasteiger partial charge is 0.0346 e. The Labute approximate surface area is 86.7 Å². The van der Waals surface area contributed by atoms with Gasteiger partial charge in [-0.25, -0.2) is 0 Å². The highest BCUT2D eigenvalue weighted by Gasteiger charge is 1.98. The van der Waals surface area contributed by atoms with Crippen molar-refractivity contribution in [3.05, 3.63) is 29.8 Å². The SMILES string of the molecule is CCN(C)CCCc1ccccc1N. The highest BCUT2D eigenvalue weighted by atomic mass is 15.1. The summed E-state index contributed by atoms with van der Waals surface area (Å²) in [6, 6.07) is 8.12. The molecule has 0 spiro atoms. The number of nitrogens with two attached hydrogens (primary N) is 1. The molecule has 0 aromatic heterocycles. The zero-order valence-electron chi connectivity index (χ0n) is 9.16. The number of nitrogens with zero attached hydrogens (tertiary/aromatic N) is 1. The van der Waals surface area contributed by atoms with Crippen LogP contribution >= 0.6 is 0 Å². The average Bonchev–Trinajstić information content (AvgIpc) is 2.20. The molecule has 14 heavy (non-hydrogen) atoms. The Kier molecular flexibility index (Phi) is 4.47. The van der Waals surface area contributed by atoms with E-state index in [-0.39, 0.29) is 0 Å². The predicted molar refractivity (Wildman–Crippen MR) is 62.3 cm³/mol. The van der Waals surface area contributed by atoms with E-state index in [0.717, 1.165) is 25.2 Å². The Hall–Kier alpha value is -1.02. The summed E-state index contributed by atoms with van der Waals surface area (Å²) in [5.41, 5.74) is 8.05. The topological polar surface area (TPSA) is 29.3 Å². The van der Waals surface area contributed by atoms with Gasteiger partial charge < -0.3 is 10.6 Å². The van der Waals surface area contributed by atoms with Gasteiger partial charge in [-0.1, -0.05) is 25.1 Å². The van der Waals surface area contributed by atoms with E-state index in [1.807, 2.05) is 12.1 Å². The Morgan fingerprint density at radius 1 is 1.29 bits per heavy atom. The van der Waals surface area contributed by atoms with Gasteiger partial charge in [0, 0.05) is 5.69 Å². The molecule has 0 bridgehead atoms. The second kappa shape index (κ2) is 5.66. The van der Waals surface area contributed by atoms with Crippen molar-refractivity contribution >= 4 is 5.69 Å². The first-order chi connectivity index (χ1) is 6.74. The van der Waals surface area contributed by atoms with Crippen molar-refractivity contribution in [2.75, 3.05) is 25.9 Å². The Morgan fingerprint density at radius 3 is 2.64 bits per heavy atom. The molecule has 2 heteroatoms. The minimum Gasteiger partial charge on any atom is -0.399 e. The fraction of sp³-hybridized carbons (Fsp3) is 0.500. The van der Waals surface area contributed by atoms with Gasteiger partial charge in [0.25, 0.3) is 0 Å². The number of aryl methyl sites for hydroxylation is 1. The Morgan fingerprint density at radius 2 is 2.00 bits per heavy atom. The molecule has 1 aromatic carbocycles. The highest BCUT2D eigenvalue weighted by Crippen LogP contribution is 2.12. The van der Waals surface area contributed by atoms with Crippen LogP contribution in [0.2, 0.25) is 0 Å². The lowest BCUT2D eigenvalue weighted by atomic mass is 10.1. The largest absolute Gasteiger partial charge is 0.399 e. The molecule has 0 aliphatic heterocycles. The first-order valence-electron chi connectivity index (χ1n) is 5.26. The lowest BCUT2D eigenvalue weighted by Gasteiger charge is -2.13. The van der Waals surface area contributed by atoms with Crippen molar-refractivity contribution in [1.29, 1.82) is 0 Å². The van der Waals surface area contributed by atoms with E-state index in [1.165, 1.54) is 12.0 Å². The Balaban J connectivity index is 2.35. The predicted octanol–water partition coefficient (Wildman–Crippen LogP) is 2.15. The van der Waals surface area contributed by atoms with Crippen molar-refractivity contribution in [2.45, 2.75) is 19.8 Å². The molecule has 1 rings (SSSR count). The van der Waals surface area contributed by atoms with Crippen LogP contribution in [-0.4, -0.2) is 25.0 Å². The van der Waals surface area contributed by atoms with E-state index in [1.54, 1.807) is 0 Å². The van der Waals surface area contributed by atoms with Gasteiger partial charge in [-0.3, -0.25) is 0 Å². The zero-order valence-corrected chi connectivity index (χ0v) is 9.16. The van der Waals surface area contributed by atoms with E-state index in [0.29, 0.717) is 0 Å². The number of rotatable bonds is 5. The van der Waals surface area contributed by atoms with Gasteiger partial charge in [0.1, 0.15) is 0 Å². The van der Waals surface area contributed by atoms with Crippen LogP contribution in [0.5, 0.6) is 0 Å². The average molecular weight is 192 g/mol. The minimum absolute atomic E-state index is 0.923. The van der Waals surface area contributed by atoms with Crippen molar-refractivity contribution in [2.24, 2.45) is 0 Å². The summed E-state index contributed by atoms with van der Waals surface area (Å²) in [5.74, 6) is 0. The third-order valence-corrected chi connectivity index (χ3v) is 2.58. The summed E-state index contributed by atoms with van der Waals surface area (Å²) in [6.45, 7) is 4.44. The molecule has 2 nitrogen and oxygen atoms in total. The van der Waals surface area contributed by atoms with Crippen LogP contribution in [0.25, 0.3) is 0 Å². The van der Waals surface area contributed by atoms with Crippen LogP contribution in [0.4, 0.5) is 5.69 Å². The van der Waals surface area contributed by atoms with Crippen LogP contribution in [0.3, 0.4) is 0 Å². The summed E-state index contributed by atoms with van der Waals surface area (Å²) < 4.78 is 0. The molecular weight excluding hydrogens is 172 g/mol. The molecular formula is C12H20N2. The fourth-order valence-electron chi connectivity index (χ4n) is 1.46. The maximum absolute atomic E-state index is 5.86. The van der Waals surface area contributed by atoms with E-state index in [9.17, 15) is 0 Å². The van der Waals surface area contributed by atoms with Crippen LogP contribution in [0, 0.1) is 0 Å². The molecule has 0 atom stereocenters. The Bertz CT molecular complexity index is 271. The minimum atomic E-state index is 0.923. The maximum atomic E-state index is 5.86. The molecule has 0 saturated heterocycles. The van der Waals surface area contributed by atoms with E-state index in [2.05, 4.69) is 31.0 Å². The van der Waals surface area contributed by atoms with Crippen LogP contribution < -0.4 is 5.73 Å². The normalized spacial score (nSPS) is 10.8.